The zero-order valence-corrected chi connectivity index (χ0v) is 21.5. The van der Waals surface area contributed by atoms with Gasteiger partial charge in [0.15, 0.2) is 0 Å². The lowest BCUT2D eigenvalue weighted by atomic mass is 10.0. The number of rotatable bonds is 7. The normalized spacial score (nSPS) is 19.6. The second-order valence-electron chi connectivity index (χ2n) is 9.36. The number of methoxy groups -OCH3 is 1. The van der Waals surface area contributed by atoms with Crippen LogP contribution in [0.15, 0.2) is 18.2 Å². The predicted molar refractivity (Wildman–Crippen MR) is 137 cm³/mol. The van der Waals surface area contributed by atoms with Crippen LogP contribution in [0.3, 0.4) is 0 Å². The van der Waals surface area contributed by atoms with Crippen molar-refractivity contribution < 1.29 is 19.1 Å². The average Bonchev–Trinajstić information content (AvgIpc) is 3.24. The Morgan fingerprint density at radius 2 is 1.92 bits per heavy atom. The molecule has 3 aliphatic rings. The highest BCUT2D eigenvalue weighted by Crippen LogP contribution is 2.26. The number of nitriles is 1. The first-order valence-electron chi connectivity index (χ1n) is 12.4. The topological polar surface area (TPSA) is 86.1 Å². The van der Waals surface area contributed by atoms with Gasteiger partial charge in [0, 0.05) is 48.2 Å². The summed E-state index contributed by atoms with van der Waals surface area (Å²) in [5, 5.41) is 10.2. The molecule has 36 heavy (non-hydrogen) atoms. The van der Waals surface area contributed by atoms with Crippen LogP contribution < -0.4 is 19.2 Å². The Kier molecular flexibility index (Phi) is 6.99. The van der Waals surface area contributed by atoms with Crippen molar-refractivity contribution in [2.75, 3.05) is 33.3 Å². The third-order valence-electron chi connectivity index (χ3n) is 7.13. The maximum absolute atomic E-state index is 13.6. The summed E-state index contributed by atoms with van der Waals surface area (Å²) in [5.74, 6) is 0.792. The first-order valence-corrected chi connectivity index (χ1v) is 13.2. The molecule has 188 valence electrons. The van der Waals surface area contributed by atoms with E-state index in [2.05, 4.69) is 24.0 Å². The fourth-order valence-electron chi connectivity index (χ4n) is 5.39. The van der Waals surface area contributed by atoms with Gasteiger partial charge in [0.05, 0.1) is 7.11 Å². The summed E-state index contributed by atoms with van der Waals surface area (Å²) in [6.45, 7) is 5.14. The van der Waals surface area contributed by atoms with Crippen LogP contribution >= 0.6 is 11.3 Å². The van der Waals surface area contributed by atoms with E-state index in [0.717, 1.165) is 37.9 Å². The van der Waals surface area contributed by atoms with Crippen molar-refractivity contribution in [3.63, 3.8) is 0 Å². The number of hydrogen-bond acceptors (Lipinski definition) is 7. The summed E-state index contributed by atoms with van der Waals surface area (Å²) >= 11 is 1.89. The number of carbonyl (C=O) groups excluding carboxylic acids is 2. The van der Waals surface area contributed by atoms with Gasteiger partial charge in [0.25, 0.3) is 6.26 Å². The van der Waals surface area contributed by atoms with Crippen molar-refractivity contribution in [1.29, 1.82) is 5.26 Å². The number of benzene rings is 1. The molecule has 0 bridgehead atoms. The highest BCUT2D eigenvalue weighted by molar-refractivity contribution is 7.10. The van der Waals surface area contributed by atoms with Crippen LogP contribution in [-0.2, 0) is 29.1 Å². The molecule has 2 saturated heterocycles. The Hall–Kier alpha value is -3.35. The van der Waals surface area contributed by atoms with Gasteiger partial charge in [-0.3, -0.25) is 14.5 Å². The van der Waals surface area contributed by atoms with Gasteiger partial charge in [-0.1, -0.05) is 19.1 Å². The minimum absolute atomic E-state index is 0.0271. The predicted octanol–water partition coefficient (Wildman–Crippen LogP) is 1.59. The Balaban J connectivity index is 1.34. The van der Waals surface area contributed by atoms with Crippen molar-refractivity contribution in [1.82, 2.24) is 14.7 Å². The number of piperazine rings is 2. The first-order chi connectivity index (χ1) is 17.5. The Morgan fingerprint density at radius 1 is 1.11 bits per heavy atom. The molecule has 0 radical (unpaired) electrons. The SMILES string of the molecule is CCc1sc2c(c1CN1CCN3C(=O)CN(Cc4cc(OC)cc(OC#N)c4)C(=O)C3C1)=CCCC=2. The van der Waals surface area contributed by atoms with Crippen LogP contribution in [0, 0.1) is 11.5 Å². The molecular formula is C27H30N4O4S. The van der Waals surface area contributed by atoms with Crippen molar-refractivity contribution in [2.45, 2.75) is 45.3 Å². The molecule has 1 unspecified atom stereocenters. The quantitative estimate of drug-likeness (QED) is 0.531. The smallest absolute Gasteiger partial charge is 0.292 e. The zero-order chi connectivity index (χ0) is 25.2. The van der Waals surface area contributed by atoms with Crippen LogP contribution in [0.1, 0.15) is 35.8 Å². The van der Waals surface area contributed by atoms with Crippen LogP contribution in [0.4, 0.5) is 0 Å². The largest absolute Gasteiger partial charge is 0.497 e. The number of thiophene rings is 1. The summed E-state index contributed by atoms with van der Waals surface area (Å²) in [6.07, 6.45) is 9.53. The molecule has 1 aromatic heterocycles. The van der Waals surface area contributed by atoms with Gasteiger partial charge in [0.2, 0.25) is 11.8 Å². The second kappa shape index (κ2) is 10.3. The van der Waals surface area contributed by atoms with Gasteiger partial charge < -0.3 is 19.3 Å². The molecule has 5 rings (SSSR count). The number of nitrogens with zero attached hydrogens (tertiary/aromatic N) is 4. The second-order valence-corrected chi connectivity index (χ2v) is 10.5. The molecule has 2 aromatic rings. The molecule has 0 spiro atoms. The number of fused-ring (bicyclic) bond motifs is 2. The van der Waals surface area contributed by atoms with Gasteiger partial charge in [0.1, 0.15) is 24.1 Å². The molecule has 1 aromatic carbocycles. The Bertz CT molecular complexity index is 1340. The number of aryl methyl sites for hydroxylation is 1. The van der Waals surface area contributed by atoms with E-state index in [9.17, 15) is 9.59 Å². The number of hydrogen-bond donors (Lipinski definition) is 0. The molecule has 0 saturated carbocycles. The molecule has 2 fully saturated rings. The van der Waals surface area contributed by atoms with Crippen molar-refractivity contribution >= 4 is 35.3 Å². The molecule has 2 aliphatic heterocycles. The van der Waals surface area contributed by atoms with E-state index in [1.807, 2.05) is 11.3 Å². The Labute approximate surface area is 214 Å². The van der Waals surface area contributed by atoms with E-state index in [1.165, 1.54) is 27.3 Å². The number of ether oxygens (including phenoxy) is 2. The fraction of sp³-hybridized carbons (Fsp3) is 0.444. The van der Waals surface area contributed by atoms with E-state index in [4.69, 9.17) is 14.7 Å². The van der Waals surface area contributed by atoms with Gasteiger partial charge in [-0.25, -0.2) is 0 Å². The van der Waals surface area contributed by atoms with Crippen LogP contribution in [0.25, 0.3) is 12.2 Å². The summed E-state index contributed by atoms with van der Waals surface area (Å²) in [4.78, 5) is 33.6. The maximum Gasteiger partial charge on any atom is 0.292 e. The van der Waals surface area contributed by atoms with E-state index >= 15 is 0 Å². The van der Waals surface area contributed by atoms with E-state index in [-0.39, 0.29) is 24.9 Å². The molecule has 3 heterocycles. The molecule has 9 heteroatoms. The lowest BCUT2D eigenvalue weighted by molar-refractivity contribution is -0.160. The molecule has 1 atom stereocenters. The highest BCUT2D eigenvalue weighted by atomic mass is 32.1. The van der Waals surface area contributed by atoms with Crippen molar-refractivity contribution in [2.24, 2.45) is 0 Å². The Morgan fingerprint density at radius 3 is 2.69 bits per heavy atom. The maximum atomic E-state index is 13.6. The highest BCUT2D eigenvalue weighted by Gasteiger charge is 2.42. The molecular weight excluding hydrogens is 476 g/mol. The van der Waals surface area contributed by atoms with Crippen molar-refractivity contribution in [3.8, 4) is 17.8 Å². The third-order valence-corrected chi connectivity index (χ3v) is 8.52. The van der Waals surface area contributed by atoms with Crippen LogP contribution in [0.2, 0.25) is 0 Å². The molecule has 8 nitrogen and oxygen atoms in total. The van der Waals surface area contributed by atoms with Gasteiger partial charge in [-0.05, 0) is 47.7 Å². The van der Waals surface area contributed by atoms with E-state index in [0.29, 0.717) is 24.6 Å². The standard InChI is InChI=1S/C27H30N4O4S/c1-3-24-22(21-6-4-5-7-25(21)36-24)14-29-8-9-31-23(15-29)27(33)30(16-26(31)32)13-18-10-19(34-2)12-20(11-18)35-17-28/h6-7,10-12,23H,3-5,8-9,13-16H2,1-2H3. The third kappa shape index (κ3) is 4.71. The van der Waals surface area contributed by atoms with Crippen LogP contribution in [-0.4, -0.2) is 65.8 Å². The van der Waals surface area contributed by atoms with Gasteiger partial charge in [-0.15, -0.1) is 16.6 Å². The van der Waals surface area contributed by atoms with Crippen molar-refractivity contribution in [3.05, 3.63) is 44.0 Å². The van der Waals surface area contributed by atoms with E-state index in [1.54, 1.807) is 34.3 Å². The fourth-order valence-corrected chi connectivity index (χ4v) is 6.61. The number of carbonyl (C=O) groups is 2. The zero-order valence-electron chi connectivity index (χ0n) is 20.7. The summed E-state index contributed by atoms with van der Waals surface area (Å²) in [5.41, 5.74) is 2.13. The monoisotopic (exact) mass is 506 g/mol. The summed E-state index contributed by atoms with van der Waals surface area (Å²) in [7, 11) is 1.53. The lowest BCUT2D eigenvalue weighted by Gasteiger charge is -2.46. The van der Waals surface area contributed by atoms with Gasteiger partial charge >= 0.3 is 0 Å². The average molecular weight is 507 g/mol. The molecule has 1 aliphatic carbocycles. The minimum atomic E-state index is -0.490. The lowest BCUT2D eigenvalue weighted by Crippen LogP contribution is -2.66. The van der Waals surface area contributed by atoms with Crippen LogP contribution in [0.5, 0.6) is 11.5 Å². The molecule has 2 amide bonds. The molecule has 0 N–H and O–H groups in total. The minimum Gasteiger partial charge on any atom is -0.497 e. The van der Waals surface area contributed by atoms with E-state index < -0.39 is 6.04 Å². The summed E-state index contributed by atoms with van der Waals surface area (Å²) in [6, 6.07) is 4.61. The first kappa shape index (κ1) is 24.3. The number of amides is 2. The van der Waals surface area contributed by atoms with Gasteiger partial charge in [-0.2, -0.15) is 0 Å². The summed E-state index contributed by atoms with van der Waals surface area (Å²) < 4.78 is 11.7.